The van der Waals surface area contributed by atoms with Crippen LogP contribution in [-0.4, -0.2) is 17.1 Å². The van der Waals surface area contributed by atoms with Crippen LogP contribution >= 0.6 is 11.8 Å². The number of fused-ring (bicyclic) bond motifs is 5. The topological polar surface area (TPSA) is 9.23 Å². The standard InChI is InChI=1S/C17H26OS/c1-2-4-12(5-3-1)10-18-11-13-8-14-15(9-13)17-7-6-16(14)19-17/h10,13-17H,1-9,11H2. The number of hydrogen-bond acceptors (Lipinski definition) is 2. The third-order valence-corrected chi connectivity index (χ3v) is 7.75. The van der Waals surface area contributed by atoms with Gasteiger partial charge in [-0.05, 0) is 74.7 Å². The number of hydrogen-bond donors (Lipinski definition) is 0. The number of rotatable bonds is 3. The maximum atomic E-state index is 5.94. The minimum absolute atomic E-state index is 0.861. The van der Waals surface area contributed by atoms with Crippen molar-refractivity contribution in [3.8, 4) is 0 Å². The molecule has 2 heteroatoms. The van der Waals surface area contributed by atoms with Crippen LogP contribution < -0.4 is 0 Å². The van der Waals surface area contributed by atoms with Crippen molar-refractivity contribution in [3.05, 3.63) is 11.8 Å². The fourth-order valence-electron chi connectivity index (χ4n) is 4.95. The van der Waals surface area contributed by atoms with Crippen molar-refractivity contribution >= 4 is 11.8 Å². The van der Waals surface area contributed by atoms with Crippen molar-refractivity contribution in [2.45, 2.75) is 68.3 Å². The number of thioether (sulfide) groups is 1. The maximum Gasteiger partial charge on any atom is 0.0901 e. The third kappa shape index (κ3) is 2.46. The molecule has 0 N–H and O–H groups in total. The van der Waals surface area contributed by atoms with E-state index in [1.54, 1.807) is 5.57 Å². The Labute approximate surface area is 121 Å². The zero-order chi connectivity index (χ0) is 12.7. The summed E-state index contributed by atoms with van der Waals surface area (Å²) >= 11 is 2.32. The van der Waals surface area contributed by atoms with Crippen LogP contribution in [0.15, 0.2) is 11.8 Å². The molecule has 19 heavy (non-hydrogen) atoms. The first-order valence-electron chi connectivity index (χ1n) is 8.35. The SMILES string of the molecule is C(OCC1CC2C3CCC(S3)C2C1)=C1CCCCC1. The van der Waals surface area contributed by atoms with Crippen LogP contribution in [-0.2, 0) is 4.74 Å². The Bertz CT molecular complexity index is 338. The Morgan fingerprint density at radius 2 is 1.68 bits per heavy atom. The molecule has 4 unspecified atom stereocenters. The van der Waals surface area contributed by atoms with E-state index in [0.717, 1.165) is 34.9 Å². The predicted molar refractivity (Wildman–Crippen MR) is 81.2 cm³/mol. The summed E-state index contributed by atoms with van der Waals surface area (Å²) < 4.78 is 5.94. The van der Waals surface area contributed by atoms with Gasteiger partial charge in [0.25, 0.3) is 0 Å². The molecule has 0 amide bonds. The van der Waals surface area contributed by atoms with Gasteiger partial charge in [0.15, 0.2) is 0 Å². The Balaban J connectivity index is 1.26. The average Bonchev–Trinajstić information content (AvgIpc) is 3.12. The Morgan fingerprint density at radius 1 is 1.00 bits per heavy atom. The molecule has 0 aromatic carbocycles. The fraction of sp³-hybridized carbons (Fsp3) is 0.882. The second kappa shape index (κ2) is 5.35. The van der Waals surface area contributed by atoms with Gasteiger partial charge in [-0.1, -0.05) is 6.42 Å². The van der Waals surface area contributed by atoms with Crippen molar-refractivity contribution in [2.24, 2.45) is 17.8 Å². The molecule has 0 aromatic rings. The van der Waals surface area contributed by atoms with Gasteiger partial charge in [0.2, 0.25) is 0 Å². The molecule has 2 heterocycles. The largest absolute Gasteiger partial charge is 0.501 e. The Morgan fingerprint density at radius 3 is 2.37 bits per heavy atom. The predicted octanol–water partition coefficient (Wildman–Crippen LogP) is 4.77. The van der Waals surface area contributed by atoms with Crippen LogP contribution in [0.2, 0.25) is 0 Å². The normalized spacial score (nSPS) is 44.4. The first kappa shape index (κ1) is 12.6. The molecule has 2 aliphatic carbocycles. The lowest BCUT2D eigenvalue weighted by Crippen LogP contribution is -2.21. The van der Waals surface area contributed by atoms with E-state index in [1.807, 2.05) is 0 Å². The molecule has 0 radical (unpaired) electrons. The lowest BCUT2D eigenvalue weighted by Gasteiger charge is -2.21. The van der Waals surface area contributed by atoms with E-state index in [0.29, 0.717) is 0 Å². The Kier molecular flexibility index (Phi) is 3.55. The summed E-state index contributed by atoms with van der Waals surface area (Å²) in [5.74, 6) is 2.97. The van der Waals surface area contributed by atoms with Gasteiger partial charge in [-0.2, -0.15) is 11.8 Å². The molecule has 4 rings (SSSR count). The fourth-order valence-corrected chi connectivity index (χ4v) is 6.97. The first-order chi connectivity index (χ1) is 9.40. The first-order valence-corrected chi connectivity index (χ1v) is 9.29. The van der Waals surface area contributed by atoms with Gasteiger partial charge in [0.1, 0.15) is 0 Å². The van der Waals surface area contributed by atoms with Crippen LogP contribution in [0, 0.1) is 17.8 Å². The summed E-state index contributed by atoms with van der Waals surface area (Å²) in [6.45, 7) is 1.00. The lowest BCUT2D eigenvalue weighted by molar-refractivity contribution is 0.189. The van der Waals surface area contributed by atoms with Crippen molar-refractivity contribution in [2.75, 3.05) is 6.61 Å². The van der Waals surface area contributed by atoms with Gasteiger partial charge >= 0.3 is 0 Å². The maximum absolute atomic E-state index is 5.94. The highest BCUT2D eigenvalue weighted by atomic mass is 32.2. The molecule has 4 aliphatic rings. The van der Waals surface area contributed by atoms with Crippen LogP contribution in [0.25, 0.3) is 0 Å². The molecule has 4 atom stereocenters. The van der Waals surface area contributed by atoms with E-state index in [-0.39, 0.29) is 0 Å². The molecule has 1 nitrogen and oxygen atoms in total. The average molecular weight is 278 g/mol. The van der Waals surface area contributed by atoms with Crippen molar-refractivity contribution < 1.29 is 4.74 Å². The minimum Gasteiger partial charge on any atom is -0.501 e. The second-order valence-electron chi connectivity index (χ2n) is 7.13. The van der Waals surface area contributed by atoms with E-state index in [2.05, 4.69) is 18.0 Å². The summed E-state index contributed by atoms with van der Waals surface area (Å²) in [7, 11) is 0. The summed E-state index contributed by atoms with van der Waals surface area (Å²) in [5.41, 5.74) is 1.57. The van der Waals surface area contributed by atoms with Crippen LogP contribution in [0.3, 0.4) is 0 Å². The van der Waals surface area contributed by atoms with Crippen molar-refractivity contribution in [3.63, 3.8) is 0 Å². The van der Waals surface area contributed by atoms with E-state index in [9.17, 15) is 0 Å². The zero-order valence-electron chi connectivity index (χ0n) is 11.9. The third-order valence-electron chi connectivity index (χ3n) is 5.88. The molecule has 4 fully saturated rings. The molecule has 0 aromatic heterocycles. The zero-order valence-corrected chi connectivity index (χ0v) is 12.7. The lowest BCUT2D eigenvalue weighted by atomic mass is 9.82. The number of allylic oxidation sites excluding steroid dienone is 1. The number of ether oxygens (including phenoxy) is 1. The van der Waals surface area contributed by atoms with E-state index >= 15 is 0 Å². The smallest absolute Gasteiger partial charge is 0.0901 e. The van der Waals surface area contributed by atoms with Gasteiger partial charge in [0.05, 0.1) is 12.9 Å². The van der Waals surface area contributed by atoms with Crippen molar-refractivity contribution in [1.29, 1.82) is 0 Å². The van der Waals surface area contributed by atoms with Crippen LogP contribution in [0.4, 0.5) is 0 Å². The van der Waals surface area contributed by atoms with Gasteiger partial charge in [0, 0.05) is 10.5 Å². The van der Waals surface area contributed by atoms with Crippen LogP contribution in [0.1, 0.15) is 57.8 Å². The van der Waals surface area contributed by atoms with Gasteiger partial charge < -0.3 is 4.74 Å². The van der Waals surface area contributed by atoms with Crippen LogP contribution in [0.5, 0.6) is 0 Å². The molecule has 2 aliphatic heterocycles. The molecular weight excluding hydrogens is 252 g/mol. The summed E-state index contributed by atoms with van der Waals surface area (Å²) in [6, 6.07) is 0. The molecule has 2 bridgehead atoms. The van der Waals surface area contributed by atoms with Gasteiger partial charge in [-0.15, -0.1) is 0 Å². The highest BCUT2D eigenvalue weighted by molar-refractivity contribution is 8.01. The summed E-state index contributed by atoms with van der Waals surface area (Å²) in [4.78, 5) is 0. The highest BCUT2D eigenvalue weighted by Crippen LogP contribution is 2.60. The van der Waals surface area contributed by atoms with E-state index in [1.165, 1.54) is 57.8 Å². The molecule has 2 saturated heterocycles. The van der Waals surface area contributed by atoms with Crippen molar-refractivity contribution in [1.82, 2.24) is 0 Å². The van der Waals surface area contributed by atoms with E-state index < -0.39 is 0 Å². The Hall–Kier alpha value is -0.110. The summed E-state index contributed by atoms with van der Waals surface area (Å²) in [5, 5.41) is 2.05. The molecule has 0 spiro atoms. The monoisotopic (exact) mass is 278 g/mol. The second-order valence-corrected chi connectivity index (χ2v) is 8.61. The molecule has 2 saturated carbocycles. The summed E-state index contributed by atoms with van der Waals surface area (Å²) in [6.07, 6.45) is 14.8. The van der Waals surface area contributed by atoms with Gasteiger partial charge in [-0.25, -0.2) is 0 Å². The quantitative estimate of drug-likeness (QED) is 0.688. The molecule has 106 valence electrons. The van der Waals surface area contributed by atoms with Gasteiger partial charge in [-0.3, -0.25) is 0 Å². The highest BCUT2D eigenvalue weighted by Gasteiger charge is 2.52. The minimum atomic E-state index is 0.861. The van der Waals surface area contributed by atoms with E-state index in [4.69, 9.17) is 4.74 Å². The molecular formula is C17H26OS.